The van der Waals surface area contributed by atoms with Gasteiger partial charge in [-0.15, -0.1) is 0 Å². The van der Waals surface area contributed by atoms with Gasteiger partial charge < -0.3 is 14.5 Å². The van der Waals surface area contributed by atoms with E-state index in [4.69, 9.17) is 20.8 Å². The predicted octanol–water partition coefficient (Wildman–Crippen LogP) is 3.06. The van der Waals surface area contributed by atoms with Gasteiger partial charge in [0.25, 0.3) is 0 Å². The summed E-state index contributed by atoms with van der Waals surface area (Å²) in [4.78, 5) is 14.5. The van der Waals surface area contributed by atoms with Gasteiger partial charge in [0.15, 0.2) is 0 Å². The molecular weight excluding hydrogens is 340 g/mol. The lowest BCUT2D eigenvalue weighted by atomic mass is 10.1. The third-order valence-corrected chi connectivity index (χ3v) is 4.80. The Balaban J connectivity index is 1.53. The van der Waals surface area contributed by atoms with E-state index in [1.54, 1.807) is 6.26 Å². The number of ether oxygens (including phenoxy) is 1. The second-order valence-corrected chi connectivity index (χ2v) is 6.48. The Bertz CT molecular complexity index is 669. The fourth-order valence-corrected chi connectivity index (χ4v) is 3.26. The molecular formula is C19H23ClN2O3. The summed E-state index contributed by atoms with van der Waals surface area (Å²) in [5, 5.41) is 3.74. The van der Waals surface area contributed by atoms with Crippen molar-refractivity contribution in [2.24, 2.45) is 0 Å². The topological polar surface area (TPSA) is 54.7 Å². The molecule has 0 aliphatic carbocycles. The Hall–Kier alpha value is -1.82. The first-order valence-electron chi connectivity index (χ1n) is 8.59. The van der Waals surface area contributed by atoms with Crippen LogP contribution in [0.2, 0.25) is 5.02 Å². The number of carbonyl (C=O) groups is 1. The molecule has 6 heteroatoms. The summed E-state index contributed by atoms with van der Waals surface area (Å²) in [7, 11) is 0. The molecule has 1 aliphatic heterocycles. The molecule has 134 valence electrons. The normalized spacial score (nSPS) is 16.5. The van der Waals surface area contributed by atoms with Crippen LogP contribution in [0.3, 0.4) is 0 Å². The zero-order valence-corrected chi connectivity index (χ0v) is 14.9. The second-order valence-electron chi connectivity index (χ2n) is 6.08. The van der Waals surface area contributed by atoms with Crippen molar-refractivity contribution in [1.82, 2.24) is 10.2 Å². The zero-order valence-electron chi connectivity index (χ0n) is 14.1. The summed E-state index contributed by atoms with van der Waals surface area (Å²) in [5.41, 5.74) is 0.995. The van der Waals surface area contributed by atoms with Crippen molar-refractivity contribution < 1.29 is 13.9 Å². The molecule has 1 fully saturated rings. The van der Waals surface area contributed by atoms with Gasteiger partial charge >= 0.3 is 0 Å². The fourth-order valence-electron chi connectivity index (χ4n) is 3.03. The van der Waals surface area contributed by atoms with Gasteiger partial charge in [-0.25, -0.2) is 0 Å². The summed E-state index contributed by atoms with van der Waals surface area (Å²) in [6, 6.07) is 11.5. The van der Waals surface area contributed by atoms with Crippen LogP contribution in [0.15, 0.2) is 47.1 Å². The van der Waals surface area contributed by atoms with Gasteiger partial charge in [-0.3, -0.25) is 9.69 Å². The highest BCUT2D eigenvalue weighted by atomic mass is 35.5. The summed E-state index contributed by atoms with van der Waals surface area (Å²) >= 11 is 6.14. The van der Waals surface area contributed by atoms with Crippen molar-refractivity contribution >= 4 is 17.5 Å². The molecule has 5 nitrogen and oxygen atoms in total. The highest BCUT2D eigenvalue weighted by molar-refractivity contribution is 6.31. The minimum Gasteiger partial charge on any atom is -0.468 e. The van der Waals surface area contributed by atoms with E-state index >= 15 is 0 Å². The predicted molar refractivity (Wildman–Crippen MR) is 96.6 cm³/mol. The van der Waals surface area contributed by atoms with Gasteiger partial charge in [-0.2, -0.15) is 0 Å². The number of rotatable bonds is 7. The first-order valence-corrected chi connectivity index (χ1v) is 8.97. The molecule has 25 heavy (non-hydrogen) atoms. The Labute approximate surface area is 152 Å². The lowest BCUT2D eigenvalue weighted by molar-refractivity contribution is -0.121. The molecule has 0 spiro atoms. The fraction of sp³-hybridized carbons (Fsp3) is 0.421. The minimum absolute atomic E-state index is 0.0183. The molecule has 3 rings (SSSR count). The monoisotopic (exact) mass is 362 g/mol. The maximum absolute atomic E-state index is 12.3. The van der Waals surface area contributed by atoms with Crippen molar-refractivity contribution in [2.75, 3.05) is 32.8 Å². The van der Waals surface area contributed by atoms with Crippen molar-refractivity contribution in [3.05, 3.63) is 59.0 Å². The van der Waals surface area contributed by atoms with Crippen LogP contribution in [-0.2, 0) is 16.0 Å². The zero-order chi connectivity index (χ0) is 17.5. The number of amides is 1. The molecule has 1 aliphatic rings. The molecule has 0 bridgehead atoms. The van der Waals surface area contributed by atoms with Crippen LogP contribution in [0.1, 0.15) is 23.8 Å². The summed E-state index contributed by atoms with van der Waals surface area (Å²) < 4.78 is 11.0. The number of morpholine rings is 1. The summed E-state index contributed by atoms with van der Waals surface area (Å²) in [5.74, 6) is 0.887. The average molecular weight is 363 g/mol. The highest BCUT2D eigenvalue weighted by Crippen LogP contribution is 2.22. The van der Waals surface area contributed by atoms with Gasteiger partial charge in [0, 0.05) is 31.1 Å². The number of hydrogen-bond donors (Lipinski definition) is 1. The maximum atomic E-state index is 12.3. The van der Waals surface area contributed by atoms with E-state index in [0.29, 0.717) is 37.6 Å². The van der Waals surface area contributed by atoms with Crippen LogP contribution in [-0.4, -0.2) is 43.7 Å². The van der Waals surface area contributed by atoms with E-state index < -0.39 is 0 Å². The summed E-state index contributed by atoms with van der Waals surface area (Å²) in [6.07, 6.45) is 2.72. The van der Waals surface area contributed by atoms with Crippen LogP contribution in [0.25, 0.3) is 0 Å². The van der Waals surface area contributed by atoms with E-state index in [1.165, 1.54) is 0 Å². The quantitative estimate of drug-likeness (QED) is 0.822. The third-order valence-electron chi connectivity index (χ3n) is 4.43. The number of carbonyl (C=O) groups excluding carboxylic acids is 1. The van der Waals surface area contributed by atoms with E-state index in [2.05, 4.69) is 10.2 Å². The van der Waals surface area contributed by atoms with E-state index in [9.17, 15) is 4.79 Å². The van der Waals surface area contributed by atoms with Crippen molar-refractivity contribution in [3.8, 4) is 0 Å². The molecule has 1 amide bonds. The largest absolute Gasteiger partial charge is 0.468 e. The van der Waals surface area contributed by atoms with Crippen LogP contribution in [0.5, 0.6) is 0 Å². The maximum Gasteiger partial charge on any atom is 0.220 e. The molecule has 1 saturated heterocycles. The first kappa shape index (κ1) is 18.0. The number of hydrogen-bond acceptors (Lipinski definition) is 4. The molecule has 0 radical (unpaired) electrons. The Morgan fingerprint density at radius 3 is 2.72 bits per heavy atom. The van der Waals surface area contributed by atoms with E-state index in [0.717, 1.165) is 24.4 Å². The molecule has 2 aromatic rings. The van der Waals surface area contributed by atoms with Crippen molar-refractivity contribution in [2.45, 2.75) is 18.9 Å². The van der Waals surface area contributed by atoms with Crippen LogP contribution in [0.4, 0.5) is 0 Å². The number of benzene rings is 1. The lowest BCUT2D eigenvalue weighted by Crippen LogP contribution is -2.43. The summed E-state index contributed by atoms with van der Waals surface area (Å²) in [6.45, 7) is 3.60. The first-order chi connectivity index (χ1) is 12.2. The van der Waals surface area contributed by atoms with Gasteiger partial charge in [0.2, 0.25) is 5.91 Å². The highest BCUT2D eigenvalue weighted by Gasteiger charge is 2.25. The molecule has 0 saturated carbocycles. The van der Waals surface area contributed by atoms with Gasteiger partial charge in [0.1, 0.15) is 5.76 Å². The van der Waals surface area contributed by atoms with E-state index in [1.807, 2.05) is 36.4 Å². The number of aryl methyl sites for hydroxylation is 1. The molecule has 1 aromatic heterocycles. The molecule has 1 unspecified atom stereocenters. The van der Waals surface area contributed by atoms with Gasteiger partial charge in [-0.1, -0.05) is 29.8 Å². The molecule has 2 heterocycles. The third kappa shape index (κ3) is 5.08. The SMILES string of the molecule is O=C(CCc1ccccc1Cl)NCC(c1ccco1)N1CCOCC1. The van der Waals surface area contributed by atoms with Gasteiger partial charge in [0.05, 0.1) is 25.5 Å². The van der Waals surface area contributed by atoms with Gasteiger partial charge in [-0.05, 0) is 30.2 Å². The average Bonchev–Trinajstić information content (AvgIpc) is 3.16. The smallest absolute Gasteiger partial charge is 0.220 e. The number of furan rings is 1. The lowest BCUT2D eigenvalue weighted by Gasteiger charge is -2.33. The van der Waals surface area contributed by atoms with Crippen LogP contribution < -0.4 is 5.32 Å². The Morgan fingerprint density at radius 2 is 2.00 bits per heavy atom. The number of nitrogens with zero attached hydrogens (tertiary/aromatic N) is 1. The Kier molecular flexibility index (Phi) is 6.50. The van der Waals surface area contributed by atoms with Crippen LogP contribution in [0, 0.1) is 0 Å². The minimum atomic E-state index is 0.0183. The van der Waals surface area contributed by atoms with E-state index in [-0.39, 0.29) is 11.9 Å². The molecule has 1 atom stereocenters. The standard InChI is InChI=1S/C19H23ClN2O3/c20-16-5-2-1-4-15(16)7-8-19(23)21-14-17(18-6-3-11-25-18)22-9-12-24-13-10-22/h1-6,11,17H,7-10,12-14H2,(H,21,23). The Morgan fingerprint density at radius 1 is 1.20 bits per heavy atom. The van der Waals surface area contributed by atoms with Crippen molar-refractivity contribution in [1.29, 1.82) is 0 Å². The molecule has 1 aromatic carbocycles. The number of nitrogens with one attached hydrogen (secondary N) is 1. The van der Waals surface area contributed by atoms with Crippen LogP contribution >= 0.6 is 11.6 Å². The second kappa shape index (κ2) is 9.04. The molecule has 1 N–H and O–H groups in total. The van der Waals surface area contributed by atoms with Crippen molar-refractivity contribution in [3.63, 3.8) is 0 Å². The number of halogens is 1.